The third-order valence-corrected chi connectivity index (χ3v) is 5.81. The highest BCUT2D eigenvalue weighted by atomic mass is 35.5. The molecule has 0 aliphatic carbocycles. The Morgan fingerprint density at radius 2 is 1.79 bits per heavy atom. The van der Waals surface area contributed by atoms with Gasteiger partial charge in [0.25, 0.3) is 5.91 Å². The van der Waals surface area contributed by atoms with Gasteiger partial charge in [0.1, 0.15) is 5.75 Å². The molecule has 0 bridgehead atoms. The Kier molecular flexibility index (Phi) is 7.30. The molecule has 172 valence electrons. The van der Waals surface area contributed by atoms with Crippen molar-refractivity contribution >= 4 is 34.8 Å². The molecule has 0 radical (unpaired) electrons. The van der Waals surface area contributed by atoms with Crippen LogP contribution in [0.4, 0.5) is 0 Å². The van der Waals surface area contributed by atoms with Crippen LogP contribution in [0.2, 0.25) is 10.0 Å². The summed E-state index contributed by atoms with van der Waals surface area (Å²) in [5.41, 5.74) is 7.29. The molecular formula is C26H22Cl2N4O2. The summed E-state index contributed by atoms with van der Waals surface area (Å²) in [6.07, 6.45) is 1.71. The van der Waals surface area contributed by atoms with Crippen molar-refractivity contribution in [3.8, 4) is 22.7 Å². The Labute approximate surface area is 207 Å². The van der Waals surface area contributed by atoms with E-state index in [4.69, 9.17) is 27.9 Å². The molecule has 0 saturated carbocycles. The predicted molar refractivity (Wildman–Crippen MR) is 136 cm³/mol. The van der Waals surface area contributed by atoms with E-state index in [9.17, 15) is 4.79 Å². The van der Waals surface area contributed by atoms with E-state index in [0.29, 0.717) is 21.5 Å². The summed E-state index contributed by atoms with van der Waals surface area (Å²) < 4.78 is 7.70. The molecule has 0 unspecified atom stereocenters. The first-order valence-electron chi connectivity index (χ1n) is 10.5. The number of para-hydroxylation sites is 1. The summed E-state index contributed by atoms with van der Waals surface area (Å²) in [5.74, 6) is 0.136. The maximum absolute atomic E-state index is 12.4. The van der Waals surface area contributed by atoms with Gasteiger partial charge in [0.15, 0.2) is 6.61 Å². The van der Waals surface area contributed by atoms with Gasteiger partial charge in [-0.15, -0.1) is 0 Å². The van der Waals surface area contributed by atoms with Crippen LogP contribution in [0, 0.1) is 6.92 Å². The first-order chi connectivity index (χ1) is 16.4. The monoisotopic (exact) mass is 492 g/mol. The van der Waals surface area contributed by atoms with Crippen molar-refractivity contribution < 1.29 is 9.53 Å². The van der Waals surface area contributed by atoms with Gasteiger partial charge in [0.05, 0.1) is 23.3 Å². The van der Waals surface area contributed by atoms with Crippen LogP contribution in [-0.4, -0.2) is 28.0 Å². The topological polar surface area (TPSA) is 68.5 Å². The second-order valence-corrected chi connectivity index (χ2v) is 8.43. The van der Waals surface area contributed by atoms with Crippen molar-refractivity contribution in [3.63, 3.8) is 0 Å². The van der Waals surface area contributed by atoms with Gasteiger partial charge in [-0.3, -0.25) is 4.79 Å². The average molecular weight is 493 g/mol. The normalized spacial score (nSPS) is 11.4. The summed E-state index contributed by atoms with van der Waals surface area (Å²) in [7, 11) is 0. The molecule has 4 aromatic rings. The van der Waals surface area contributed by atoms with Crippen molar-refractivity contribution in [1.29, 1.82) is 0 Å². The fraction of sp³-hybridized carbons (Fsp3) is 0.115. The van der Waals surface area contributed by atoms with E-state index < -0.39 is 0 Å². The molecule has 1 aromatic heterocycles. The summed E-state index contributed by atoms with van der Waals surface area (Å²) in [5, 5.41) is 9.83. The second kappa shape index (κ2) is 10.5. The van der Waals surface area contributed by atoms with Gasteiger partial charge >= 0.3 is 0 Å². The number of benzene rings is 3. The van der Waals surface area contributed by atoms with Crippen LogP contribution < -0.4 is 10.2 Å². The number of amides is 1. The number of ether oxygens (including phenoxy) is 1. The van der Waals surface area contributed by atoms with Gasteiger partial charge in [-0.2, -0.15) is 10.2 Å². The molecule has 6 nitrogen and oxygen atoms in total. The molecule has 3 aromatic carbocycles. The zero-order valence-corrected chi connectivity index (χ0v) is 20.1. The van der Waals surface area contributed by atoms with E-state index in [-0.39, 0.29) is 12.5 Å². The highest BCUT2D eigenvalue weighted by molar-refractivity contribution is 6.31. The maximum atomic E-state index is 12.4. The predicted octanol–water partition coefficient (Wildman–Crippen LogP) is 6.07. The van der Waals surface area contributed by atoms with Gasteiger partial charge in [-0.25, -0.2) is 10.1 Å². The first-order valence-corrected chi connectivity index (χ1v) is 11.3. The lowest BCUT2D eigenvalue weighted by atomic mass is 10.1. The van der Waals surface area contributed by atoms with Crippen LogP contribution in [0.25, 0.3) is 16.9 Å². The molecule has 0 aliphatic rings. The lowest BCUT2D eigenvalue weighted by molar-refractivity contribution is -0.123. The Hall–Kier alpha value is -3.61. The molecule has 4 rings (SSSR count). The Balaban J connectivity index is 1.53. The smallest absolute Gasteiger partial charge is 0.277 e. The number of nitrogens with one attached hydrogen (secondary N) is 1. The number of hydrogen-bond acceptors (Lipinski definition) is 4. The Bertz CT molecular complexity index is 1330. The molecule has 34 heavy (non-hydrogen) atoms. The van der Waals surface area contributed by atoms with E-state index in [1.54, 1.807) is 29.9 Å². The number of aryl methyl sites for hydroxylation is 1. The summed E-state index contributed by atoms with van der Waals surface area (Å²) in [4.78, 5) is 12.4. The lowest BCUT2D eigenvalue weighted by Gasteiger charge is -2.15. The van der Waals surface area contributed by atoms with Crippen molar-refractivity contribution in [2.24, 2.45) is 5.10 Å². The first kappa shape index (κ1) is 23.5. The van der Waals surface area contributed by atoms with Crippen LogP contribution in [0.1, 0.15) is 18.1 Å². The summed E-state index contributed by atoms with van der Waals surface area (Å²) >= 11 is 12.3. The van der Waals surface area contributed by atoms with E-state index in [2.05, 4.69) is 15.6 Å². The van der Waals surface area contributed by atoms with E-state index in [1.165, 1.54) is 0 Å². The number of rotatable bonds is 7. The fourth-order valence-corrected chi connectivity index (χ4v) is 3.62. The van der Waals surface area contributed by atoms with Crippen LogP contribution >= 0.6 is 23.2 Å². The van der Waals surface area contributed by atoms with Gasteiger partial charge in [-0.1, -0.05) is 53.5 Å². The van der Waals surface area contributed by atoms with Crippen molar-refractivity contribution in [2.75, 3.05) is 6.61 Å². The SMILES string of the molecule is C/C(=N\NC(=O)COc1cc(C)c(Cl)cc1-c1ccnn1-c1ccccc1)c1ccc(Cl)cc1. The number of hydrogen-bond donors (Lipinski definition) is 1. The van der Waals surface area contributed by atoms with E-state index in [1.807, 2.05) is 67.6 Å². The zero-order valence-electron chi connectivity index (χ0n) is 18.6. The molecule has 0 aliphatic heterocycles. The van der Waals surface area contributed by atoms with Crippen molar-refractivity contribution in [2.45, 2.75) is 13.8 Å². The summed E-state index contributed by atoms with van der Waals surface area (Å²) in [6.45, 7) is 3.47. The quantitative estimate of drug-likeness (QED) is 0.251. The standard InChI is InChI=1S/C26H22Cl2N4O2/c1-17-14-25(34-16-26(33)31-30-18(2)19-8-10-20(27)11-9-19)22(15-23(17)28)24-12-13-29-32(24)21-6-4-3-5-7-21/h3-15H,16H2,1-2H3,(H,31,33)/b30-18+. The molecule has 0 spiro atoms. The maximum Gasteiger partial charge on any atom is 0.277 e. The van der Waals surface area contributed by atoms with E-state index >= 15 is 0 Å². The Morgan fingerprint density at radius 3 is 2.53 bits per heavy atom. The minimum absolute atomic E-state index is 0.217. The van der Waals surface area contributed by atoms with Crippen molar-refractivity contribution in [3.05, 3.63) is 100 Å². The van der Waals surface area contributed by atoms with Crippen molar-refractivity contribution in [1.82, 2.24) is 15.2 Å². The minimum atomic E-state index is -0.386. The minimum Gasteiger partial charge on any atom is -0.483 e. The molecule has 1 heterocycles. The molecule has 0 fully saturated rings. The van der Waals surface area contributed by atoms with Crippen LogP contribution in [0.3, 0.4) is 0 Å². The third-order valence-electron chi connectivity index (χ3n) is 5.15. The lowest BCUT2D eigenvalue weighted by Crippen LogP contribution is -2.25. The molecular weight excluding hydrogens is 471 g/mol. The number of aromatic nitrogens is 2. The highest BCUT2D eigenvalue weighted by Crippen LogP contribution is 2.35. The van der Waals surface area contributed by atoms with Gasteiger partial charge in [0, 0.05) is 15.6 Å². The van der Waals surface area contributed by atoms with Crippen LogP contribution in [-0.2, 0) is 4.79 Å². The van der Waals surface area contributed by atoms with E-state index in [0.717, 1.165) is 28.1 Å². The molecule has 0 atom stereocenters. The highest BCUT2D eigenvalue weighted by Gasteiger charge is 2.16. The van der Waals surface area contributed by atoms with Gasteiger partial charge in [0.2, 0.25) is 0 Å². The molecule has 8 heteroatoms. The number of carbonyl (C=O) groups excluding carboxylic acids is 1. The largest absolute Gasteiger partial charge is 0.483 e. The van der Waals surface area contributed by atoms with Crippen LogP contribution in [0.5, 0.6) is 5.75 Å². The number of carbonyl (C=O) groups is 1. The van der Waals surface area contributed by atoms with Gasteiger partial charge < -0.3 is 4.74 Å². The molecule has 1 N–H and O–H groups in total. The van der Waals surface area contributed by atoms with Crippen LogP contribution in [0.15, 0.2) is 84.1 Å². The number of hydrazone groups is 1. The molecule has 1 amide bonds. The number of halogens is 2. The number of nitrogens with zero attached hydrogens (tertiary/aromatic N) is 3. The Morgan fingerprint density at radius 1 is 1.06 bits per heavy atom. The zero-order chi connectivity index (χ0) is 24.1. The molecule has 0 saturated heterocycles. The summed E-state index contributed by atoms with van der Waals surface area (Å²) in [6, 6.07) is 22.5. The second-order valence-electron chi connectivity index (χ2n) is 7.59. The third kappa shape index (κ3) is 5.47. The average Bonchev–Trinajstić information content (AvgIpc) is 3.34. The fourth-order valence-electron chi connectivity index (χ4n) is 3.33. The van der Waals surface area contributed by atoms with Gasteiger partial charge in [-0.05, 0) is 67.4 Å².